The van der Waals surface area contributed by atoms with Gasteiger partial charge in [-0.2, -0.15) is 13.2 Å². The van der Waals surface area contributed by atoms with Crippen LogP contribution in [0.3, 0.4) is 0 Å². The van der Waals surface area contributed by atoms with Gasteiger partial charge in [-0.3, -0.25) is 0 Å². The van der Waals surface area contributed by atoms with Gasteiger partial charge in [0.15, 0.2) is 11.5 Å². The summed E-state index contributed by atoms with van der Waals surface area (Å²) < 4.78 is 46.2. The third-order valence-corrected chi connectivity index (χ3v) is 2.26. The second kappa shape index (κ2) is 4.34. The van der Waals surface area contributed by atoms with E-state index >= 15 is 0 Å². The van der Waals surface area contributed by atoms with Gasteiger partial charge in [-0.25, -0.2) is 4.79 Å². The van der Waals surface area contributed by atoms with E-state index in [2.05, 4.69) is 8.83 Å². The number of halogens is 3. The second-order valence-electron chi connectivity index (χ2n) is 3.44. The van der Waals surface area contributed by atoms with Crippen LogP contribution in [-0.4, -0.2) is 5.11 Å². The fourth-order valence-electron chi connectivity index (χ4n) is 1.44. The Labute approximate surface area is 98.3 Å². The fraction of sp³-hybridized carbons (Fsp3) is 0.182. The van der Waals surface area contributed by atoms with Gasteiger partial charge < -0.3 is 13.9 Å². The van der Waals surface area contributed by atoms with E-state index in [1.54, 1.807) is 0 Å². The summed E-state index contributed by atoms with van der Waals surface area (Å²) >= 11 is 0. The van der Waals surface area contributed by atoms with Crippen LogP contribution in [0, 0.1) is 0 Å². The fourth-order valence-corrected chi connectivity index (χ4v) is 1.44. The van der Waals surface area contributed by atoms with Gasteiger partial charge >= 0.3 is 12.0 Å². The first-order valence-electron chi connectivity index (χ1n) is 4.83. The first kappa shape index (κ1) is 12.4. The highest BCUT2D eigenvalue weighted by Gasteiger charge is 2.30. The Bertz CT molecular complexity index is 592. The first-order chi connectivity index (χ1) is 8.41. The molecule has 4 nitrogen and oxygen atoms in total. The van der Waals surface area contributed by atoms with Crippen molar-refractivity contribution < 1.29 is 27.1 Å². The largest absolute Gasteiger partial charge is 0.519 e. The molecule has 0 aliphatic heterocycles. The van der Waals surface area contributed by atoms with E-state index in [9.17, 15) is 18.0 Å². The highest BCUT2D eigenvalue weighted by atomic mass is 19.4. The summed E-state index contributed by atoms with van der Waals surface area (Å²) in [4.78, 5) is 10.8. The van der Waals surface area contributed by atoms with Gasteiger partial charge in [0.1, 0.15) is 6.61 Å². The molecular weight excluding hydrogens is 253 g/mol. The van der Waals surface area contributed by atoms with Crippen LogP contribution in [0.15, 0.2) is 37.9 Å². The first-order valence-corrected chi connectivity index (χ1v) is 4.83. The normalized spacial score (nSPS) is 11.8. The van der Waals surface area contributed by atoms with Crippen molar-refractivity contribution in [3.05, 3.63) is 46.2 Å². The maximum atomic E-state index is 12.3. The molecule has 0 unspecified atom stereocenters. The van der Waals surface area contributed by atoms with Crippen molar-refractivity contribution in [1.29, 1.82) is 0 Å². The van der Waals surface area contributed by atoms with Gasteiger partial charge in [-0.15, -0.1) is 0 Å². The summed E-state index contributed by atoms with van der Waals surface area (Å²) in [6.07, 6.45) is -4.43. The standard InChI is InChI=1S/C11H7F3O4/c12-11(13,14)7-3-1-6(2-4-7)9-8(5-15)17-10(16)18-9/h1-4,15H,5H2. The molecule has 0 fully saturated rings. The molecule has 0 amide bonds. The Morgan fingerprint density at radius 3 is 2.22 bits per heavy atom. The van der Waals surface area contributed by atoms with E-state index in [0.717, 1.165) is 24.3 Å². The molecule has 1 aromatic carbocycles. The van der Waals surface area contributed by atoms with Crippen molar-refractivity contribution >= 4 is 0 Å². The van der Waals surface area contributed by atoms with Crippen molar-refractivity contribution in [1.82, 2.24) is 0 Å². The molecule has 7 heteroatoms. The molecule has 2 aromatic rings. The predicted octanol–water partition coefficient (Wildman–Crippen LogP) is 2.41. The smallest absolute Gasteiger partial charge is 0.393 e. The lowest BCUT2D eigenvalue weighted by Crippen LogP contribution is -2.04. The van der Waals surface area contributed by atoms with Crippen LogP contribution >= 0.6 is 0 Å². The molecule has 96 valence electrons. The maximum absolute atomic E-state index is 12.3. The van der Waals surface area contributed by atoms with E-state index in [1.807, 2.05) is 0 Å². The quantitative estimate of drug-likeness (QED) is 0.900. The number of hydrogen-bond donors (Lipinski definition) is 1. The highest BCUT2D eigenvalue weighted by molar-refractivity contribution is 5.59. The molecule has 0 atom stereocenters. The number of rotatable bonds is 2. The zero-order valence-electron chi connectivity index (χ0n) is 8.82. The summed E-state index contributed by atoms with van der Waals surface area (Å²) in [5.41, 5.74) is -0.597. The molecule has 0 saturated carbocycles. The Hall–Kier alpha value is -2.02. The van der Waals surface area contributed by atoms with E-state index in [4.69, 9.17) is 5.11 Å². The third-order valence-electron chi connectivity index (χ3n) is 2.26. The second-order valence-corrected chi connectivity index (χ2v) is 3.44. The summed E-state index contributed by atoms with van der Waals surface area (Å²) in [6, 6.07) is 3.97. The van der Waals surface area contributed by atoms with Gasteiger partial charge in [0.25, 0.3) is 0 Å². The molecule has 0 spiro atoms. The zero-order chi connectivity index (χ0) is 13.3. The van der Waals surface area contributed by atoms with E-state index in [1.165, 1.54) is 0 Å². The van der Waals surface area contributed by atoms with Crippen molar-refractivity contribution in [3.8, 4) is 11.3 Å². The lowest BCUT2D eigenvalue weighted by molar-refractivity contribution is -0.137. The molecule has 1 heterocycles. The summed E-state index contributed by atoms with van der Waals surface area (Å²) in [5, 5.41) is 8.90. The van der Waals surface area contributed by atoms with Gasteiger partial charge in [0, 0.05) is 5.56 Å². The van der Waals surface area contributed by atoms with Crippen LogP contribution in [0.5, 0.6) is 0 Å². The zero-order valence-corrected chi connectivity index (χ0v) is 8.82. The molecular formula is C11H7F3O4. The molecule has 1 N–H and O–H groups in total. The summed E-state index contributed by atoms with van der Waals surface area (Å²) in [6.45, 7) is -0.581. The Kier molecular flexibility index (Phi) is 3.00. The SMILES string of the molecule is O=c1oc(CO)c(-c2ccc(C(F)(F)F)cc2)o1. The minimum absolute atomic E-state index is 0.0729. The molecule has 0 aliphatic carbocycles. The summed E-state index contributed by atoms with van der Waals surface area (Å²) in [7, 11) is 0. The highest BCUT2D eigenvalue weighted by Crippen LogP contribution is 2.31. The van der Waals surface area contributed by atoms with Crippen LogP contribution < -0.4 is 5.82 Å². The molecule has 1 aromatic heterocycles. The van der Waals surface area contributed by atoms with E-state index < -0.39 is 24.2 Å². The third kappa shape index (κ3) is 2.30. The van der Waals surface area contributed by atoms with Crippen LogP contribution in [0.2, 0.25) is 0 Å². The van der Waals surface area contributed by atoms with Crippen molar-refractivity contribution in [2.24, 2.45) is 0 Å². The van der Waals surface area contributed by atoms with Gasteiger partial charge in [0.2, 0.25) is 0 Å². The number of aliphatic hydroxyl groups excluding tert-OH is 1. The molecule has 0 saturated heterocycles. The van der Waals surface area contributed by atoms with Crippen molar-refractivity contribution in [2.45, 2.75) is 12.8 Å². The number of hydrogen-bond acceptors (Lipinski definition) is 4. The predicted molar refractivity (Wildman–Crippen MR) is 53.6 cm³/mol. The van der Waals surface area contributed by atoms with Crippen molar-refractivity contribution in [3.63, 3.8) is 0 Å². The lowest BCUT2D eigenvalue weighted by atomic mass is 10.1. The Morgan fingerprint density at radius 2 is 1.72 bits per heavy atom. The van der Waals surface area contributed by atoms with Gasteiger partial charge in [0.05, 0.1) is 5.56 Å². The molecule has 18 heavy (non-hydrogen) atoms. The van der Waals surface area contributed by atoms with Gasteiger partial charge in [-0.1, -0.05) is 12.1 Å². The van der Waals surface area contributed by atoms with Crippen LogP contribution in [0.25, 0.3) is 11.3 Å². The number of alkyl halides is 3. The topological polar surface area (TPSA) is 63.6 Å². The number of aliphatic hydroxyl groups is 1. The van der Waals surface area contributed by atoms with Gasteiger partial charge in [-0.05, 0) is 12.1 Å². The van der Waals surface area contributed by atoms with E-state index in [-0.39, 0.29) is 17.1 Å². The monoisotopic (exact) mass is 260 g/mol. The average molecular weight is 260 g/mol. The lowest BCUT2D eigenvalue weighted by Gasteiger charge is -2.06. The van der Waals surface area contributed by atoms with Crippen molar-refractivity contribution in [2.75, 3.05) is 0 Å². The molecule has 2 rings (SSSR count). The number of benzene rings is 1. The Morgan fingerprint density at radius 1 is 1.11 bits per heavy atom. The Balaban J connectivity index is 2.43. The molecule has 0 radical (unpaired) electrons. The molecule has 0 aliphatic rings. The minimum Gasteiger partial charge on any atom is -0.393 e. The van der Waals surface area contributed by atoms with Crippen LogP contribution in [-0.2, 0) is 12.8 Å². The maximum Gasteiger partial charge on any atom is 0.519 e. The van der Waals surface area contributed by atoms with E-state index in [0.29, 0.717) is 0 Å². The van der Waals surface area contributed by atoms with Crippen LogP contribution in [0.1, 0.15) is 11.3 Å². The summed E-state index contributed by atoms with van der Waals surface area (Å²) in [5.74, 6) is -1.22. The average Bonchev–Trinajstić information content (AvgIpc) is 2.69. The van der Waals surface area contributed by atoms with Crippen LogP contribution in [0.4, 0.5) is 13.2 Å². The molecule has 0 bridgehead atoms. The minimum atomic E-state index is -4.43.